The number of hydrogen-bond donors (Lipinski definition) is 2. The number of ether oxygens (including phenoxy) is 1. The molecular weight excluding hydrogens is 584 g/mol. The van der Waals surface area contributed by atoms with Gasteiger partial charge in [0.25, 0.3) is 0 Å². The maximum atomic E-state index is 13.5. The Balaban J connectivity index is 1.37. The van der Waals surface area contributed by atoms with E-state index in [2.05, 4.69) is 34.6 Å². The van der Waals surface area contributed by atoms with Crippen molar-refractivity contribution in [1.29, 1.82) is 0 Å². The molecular formula is C30H48O10S2. The average molecular weight is 633 g/mol. The van der Waals surface area contributed by atoms with Crippen LogP contribution in [-0.4, -0.2) is 50.2 Å². The number of esters is 1. The zero-order chi connectivity index (χ0) is 30.9. The summed E-state index contributed by atoms with van der Waals surface area (Å²) in [5.74, 6) is 1.08. The Morgan fingerprint density at radius 3 is 2.10 bits per heavy atom. The summed E-state index contributed by atoms with van der Waals surface area (Å²) in [7, 11) is -9.59. The Morgan fingerprint density at radius 1 is 0.810 bits per heavy atom. The van der Waals surface area contributed by atoms with E-state index in [1.54, 1.807) is 6.92 Å². The van der Waals surface area contributed by atoms with Crippen LogP contribution in [-0.2, 0) is 38.7 Å². The van der Waals surface area contributed by atoms with E-state index in [9.17, 15) is 30.7 Å². The smallest absolute Gasteiger partial charge is 0.397 e. The standard InChI is InChI=1S/C30H48O10S2/c1-18-23-19-7-8-21-25(2)11-10-22(40-42(35,36)37)26(3,17-38-41(32,33)34)20(25)9-12-28(21,5)27(19,4)13-15-30(23)16-14-29(18,6)39-24(30)31/h18-23H,7-17H2,1-6H3,(H,32,33,34)(H,35,36,37)/t18-,19+,20+,21+,22-,23+,25-,26-,27+,28+,29-,30+/m0/s1. The lowest BCUT2D eigenvalue weighted by molar-refractivity contribution is -0.290. The quantitative estimate of drug-likeness (QED) is 0.298. The molecule has 7 aliphatic rings. The molecule has 7 rings (SSSR count). The van der Waals surface area contributed by atoms with Crippen molar-refractivity contribution in [2.75, 3.05) is 6.61 Å². The molecule has 5 aliphatic carbocycles. The van der Waals surface area contributed by atoms with Crippen molar-refractivity contribution < 1.29 is 43.8 Å². The lowest BCUT2D eigenvalue weighted by Gasteiger charge is -2.75. The molecule has 7 fully saturated rings. The van der Waals surface area contributed by atoms with E-state index < -0.39 is 44.5 Å². The van der Waals surface area contributed by atoms with E-state index in [4.69, 9.17) is 13.1 Å². The lowest BCUT2D eigenvalue weighted by Crippen LogP contribution is -2.72. The van der Waals surface area contributed by atoms with Gasteiger partial charge in [0, 0.05) is 5.41 Å². The van der Waals surface area contributed by atoms with Crippen LogP contribution < -0.4 is 0 Å². The van der Waals surface area contributed by atoms with Crippen LogP contribution in [0, 0.1) is 56.7 Å². The summed E-state index contributed by atoms with van der Waals surface area (Å²) in [5, 5.41) is 0. The maximum absolute atomic E-state index is 13.5. The van der Waals surface area contributed by atoms with Gasteiger partial charge in [-0.2, -0.15) is 16.8 Å². The molecule has 12 atom stereocenters. The summed E-state index contributed by atoms with van der Waals surface area (Å²) in [6.07, 6.45) is 7.14. The van der Waals surface area contributed by atoms with Gasteiger partial charge in [0.1, 0.15) is 5.60 Å². The average Bonchev–Trinajstić information content (AvgIpc) is 2.86. The van der Waals surface area contributed by atoms with Crippen LogP contribution in [0.1, 0.15) is 106 Å². The zero-order valence-electron chi connectivity index (χ0n) is 25.7. The van der Waals surface area contributed by atoms with Crippen molar-refractivity contribution in [3.8, 4) is 0 Å². The number of carbonyl (C=O) groups excluding carboxylic acids is 1. The van der Waals surface area contributed by atoms with E-state index in [-0.39, 0.29) is 51.3 Å². The molecule has 0 aromatic heterocycles. The van der Waals surface area contributed by atoms with Crippen LogP contribution in [0.15, 0.2) is 0 Å². The molecule has 2 aliphatic heterocycles. The number of carbonyl (C=O) groups is 1. The largest absolute Gasteiger partial charge is 0.459 e. The molecule has 42 heavy (non-hydrogen) atoms. The first-order valence-electron chi connectivity index (χ1n) is 15.7. The molecule has 240 valence electrons. The first-order valence-corrected chi connectivity index (χ1v) is 18.4. The molecule has 0 amide bonds. The van der Waals surface area contributed by atoms with E-state index >= 15 is 0 Å². The molecule has 1 spiro atoms. The van der Waals surface area contributed by atoms with Crippen LogP contribution in [0.3, 0.4) is 0 Å². The van der Waals surface area contributed by atoms with Crippen molar-refractivity contribution in [2.24, 2.45) is 56.7 Å². The highest BCUT2D eigenvalue weighted by atomic mass is 32.3. The van der Waals surface area contributed by atoms with Gasteiger partial charge in [0.2, 0.25) is 0 Å². The van der Waals surface area contributed by atoms with Crippen LogP contribution in [0.25, 0.3) is 0 Å². The normalized spacial score (nSPS) is 53.8. The van der Waals surface area contributed by atoms with Crippen molar-refractivity contribution in [1.82, 2.24) is 0 Å². The number of hydrogen-bond acceptors (Lipinski definition) is 8. The Kier molecular flexibility index (Phi) is 6.80. The van der Waals surface area contributed by atoms with Crippen LogP contribution >= 0.6 is 0 Å². The minimum absolute atomic E-state index is 0.00861. The highest BCUT2D eigenvalue weighted by Crippen LogP contribution is 2.78. The van der Waals surface area contributed by atoms with Gasteiger partial charge >= 0.3 is 26.8 Å². The second kappa shape index (κ2) is 9.15. The van der Waals surface area contributed by atoms with Gasteiger partial charge in [-0.3, -0.25) is 13.9 Å². The molecule has 10 nitrogen and oxygen atoms in total. The molecule has 12 heteroatoms. The van der Waals surface area contributed by atoms with Gasteiger partial charge in [0.15, 0.2) is 0 Å². The van der Waals surface area contributed by atoms with E-state index in [1.807, 2.05) is 0 Å². The summed E-state index contributed by atoms with van der Waals surface area (Å²) in [4.78, 5) is 13.5. The Labute approximate surface area is 250 Å². The summed E-state index contributed by atoms with van der Waals surface area (Å²) >= 11 is 0. The van der Waals surface area contributed by atoms with E-state index in [1.165, 1.54) is 0 Å². The third-order valence-electron chi connectivity index (χ3n) is 14.9. The van der Waals surface area contributed by atoms with Crippen molar-refractivity contribution in [3.05, 3.63) is 0 Å². The first kappa shape index (κ1) is 31.2. The van der Waals surface area contributed by atoms with E-state index in [0.29, 0.717) is 25.2 Å². The summed E-state index contributed by atoms with van der Waals surface area (Å²) in [6.45, 7) is 12.9. The van der Waals surface area contributed by atoms with Gasteiger partial charge < -0.3 is 4.74 Å². The third kappa shape index (κ3) is 4.10. The molecule has 2 saturated heterocycles. The fourth-order valence-electron chi connectivity index (χ4n) is 12.5. The van der Waals surface area contributed by atoms with Gasteiger partial charge in [0.05, 0.1) is 18.1 Å². The number of rotatable bonds is 5. The van der Waals surface area contributed by atoms with Crippen molar-refractivity contribution >= 4 is 26.8 Å². The molecule has 0 radical (unpaired) electrons. The Bertz CT molecular complexity index is 1380. The highest BCUT2D eigenvalue weighted by Gasteiger charge is 2.75. The molecule has 0 aromatic carbocycles. The van der Waals surface area contributed by atoms with Crippen LogP contribution in [0.5, 0.6) is 0 Å². The van der Waals surface area contributed by atoms with Crippen molar-refractivity contribution in [3.63, 3.8) is 0 Å². The predicted octanol–water partition coefficient (Wildman–Crippen LogP) is 5.39. The SMILES string of the molecule is C[C@H]1[C@@H]2[C@H]3CC[C@@H]4[C@@]5(C)CC[C@H](OS(=O)(=O)O)[C@@](C)(COS(=O)(=O)O)[C@@H]5CC[C@@]4(C)[C@]3(C)CC[C@@]23CC[C@]1(C)OC3=O. The third-order valence-corrected chi connectivity index (χ3v) is 15.8. The monoisotopic (exact) mass is 632 g/mol. The molecule has 2 bridgehead atoms. The molecule has 2 heterocycles. The molecule has 0 aromatic rings. The van der Waals surface area contributed by atoms with Gasteiger partial charge in [-0.25, -0.2) is 8.37 Å². The van der Waals surface area contributed by atoms with Gasteiger partial charge in [-0.05, 0) is 117 Å². The summed E-state index contributed by atoms with van der Waals surface area (Å²) < 4.78 is 82.2. The van der Waals surface area contributed by atoms with E-state index in [0.717, 1.165) is 44.9 Å². The summed E-state index contributed by atoms with van der Waals surface area (Å²) in [6, 6.07) is 0. The zero-order valence-corrected chi connectivity index (χ0v) is 27.4. The molecule has 2 N–H and O–H groups in total. The minimum atomic E-state index is -4.80. The Morgan fingerprint density at radius 2 is 1.48 bits per heavy atom. The second-order valence-corrected chi connectivity index (χ2v) is 18.2. The lowest BCUT2D eigenvalue weighted by atomic mass is 9.30. The molecule has 0 unspecified atom stereocenters. The van der Waals surface area contributed by atoms with Crippen LogP contribution in [0.2, 0.25) is 0 Å². The van der Waals surface area contributed by atoms with Crippen LogP contribution in [0.4, 0.5) is 0 Å². The fraction of sp³-hybridized carbons (Fsp3) is 0.967. The number of fused-ring (bicyclic) bond motifs is 7. The topological polar surface area (TPSA) is 154 Å². The second-order valence-electron chi connectivity index (χ2n) is 16.1. The fourth-order valence-corrected chi connectivity index (χ4v) is 13.6. The van der Waals surface area contributed by atoms with Gasteiger partial charge in [-0.1, -0.05) is 34.6 Å². The van der Waals surface area contributed by atoms with Crippen molar-refractivity contribution in [2.45, 2.75) is 117 Å². The highest BCUT2D eigenvalue weighted by molar-refractivity contribution is 7.81. The maximum Gasteiger partial charge on any atom is 0.397 e. The predicted molar refractivity (Wildman–Crippen MR) is 153 cm³/mol. The molecule has 5 saturated carbocycles. The minimum Gasteiger partial charge on any atom is -0.459 e. The van der Waals surface area contributed by atoms with Gasteiger partial charge in [-0.15, -0.1) is 0 Å². The Hall–Kier alpha value is -0.790. The first-order chi connectivity index (χ1) is 19.2. The summed E-state index contributed by atoms with van der Waals surface area (Å²) in [5.41, 5.74) is -2.23.